The molecule has 3 aromatic rings. The summed E-state index contributed by atoms with van der Waals surface area (Å²) in [5.41, 5.74) is 8.15. The second-order valence-electron chi connectivity index (χ2n) is 4.16. The number of nitrogens with zero attached hydrogens (tertiary/aromatic N) is 2. The van der Waals surface area contributed by atoms with E-state index in [9.17, 15) is 0 Å². The molecule has 1 aromatic carbocycles. The van der Waals surface area contributed by atoms with Crippen molar-refractivity contribution >= 4 is 27.9 Å². The third-order valence-corrected chi connectivity index (χ3v) is 3.99. The molecule has 0 amide bonds. The summed E-state index contributed by atoms with van der Waals surface area (Å²) in [6, 6.07) is 7.56. The summed E-state index contributed by atoms with van der Waals surface area (Å²) in [5, 5.41) is 2.73. The largest absolute Gasteiger partial charge is 0.324 e. The zero-order valence-electron chi connectivity index (χ0n) is 9.58. The summed E-state index contributed by atoms with van der Waals surface area (Å²) in [5.74, 6) is 0. The zero-order chi connectivity index (χ0) is 12.5. The van der Waals surface area contributed by atoms with Gasteiger partial charge in [-0.2, -0.15) is 0 Å². The minimum absolute atomic E-state index is 0.122. The van der Waals surface area contributed by atoms with E-state index in [2.05, 4.69) is 4.98 Å². The number of hydrogen-bond donors (Lipinski definition) is 1. The average Bonchev–Trinajstić information content (AvgIpc) is 2.90. The number of thiazole rings is 1. The van der Waals surface area contributed by atoms with Crippen molar-refractivity contribution in [2.24, 2.45) is 5.73 Å². The molecule has 0 radical (unpaired) electrons. The topological polar surface area (TPSA) is 43.3 Å². The highest BCUT2D eigenvalue weighted by molar-refractivity contribution is 7.15. The van der Waals surface area contributed by atoms with Crippen LogP contribution in [0.5, 0.6) is 0 Å². The summed E-state index contributed by atoms with van der Waals surface area (Å²) < 4.78 is 2.01. The average molecular weight is 278 g/mol. The zero-order valence-corrected chi connectivity index (χ0v) is 11.2. The first-order valence-electron chi connectivity index (χ1n) is 5.65. The van der Waals surface area contributed by atoms with Gasteiger partial charge in [-0.3, -0.25) is 4.40 Å². The predicted octanol–water partition coefficient (Wildman–Crippen LogP) is 3.29. The fraction of sp³-hybridized carbons (Fsp3) is 0.154. The molecule has 18 heavy (non-hydrogen) atoms. The van der Waals surface area contributed by atoms with E-state index in [4.69, 9.17) is 17.3 Å². The standard InChI is InChI=1S/C13H12ClN3S/c14-11-4-2-1-3-10(11)12(15)7-9-8-17-5-6-18-13(17)16-9/h1-6,8,12H,7,15H2. The highest BCUT2D eigenvalue weighted by atomic mass is 35.5. The van der Waals surface area contributed by atoms with Crippen LogP contribution in [-0.4, -0.2) is 9.38 Å². The normalized spacial score (nSPS) is 13.0. The fourth-order valence-corrected chi connectivity index (χ4v) is 2.98. The van der Waals surface area contributed by atoms with Crippen molar-refractivity contribution < 1.29 is 0 Å². The van der Waals surface area contributed by atoms with Gasteiger partial charge in [-0.25, -0.2) is 4.98 Å². The van der Waals surface area contributed by atoms with Gasteiger partial charge in [0.25, 0.3) is 0 Å². The summed E-state index contributed by atoms with van der Waals surface area (Å²) in [4.78, 5) is 5.52. The van der Waals surface area contributed by atoms with E-state index in [0.717, 1.165) is 16.2 Å². The minimum atomic E-state index is -0.122. The molecule has 0 aliphatic heterocycles. The Hall–Kier alpha value is -1.36. The van der Waals surface area contributed by atoms with E-state index < -0.39 is 0 Å². The van der Waals surface area contributed by atoms with Crippen LogP contribution in [0.25, 0.3) is 4.96 Å². The van der Waals surface area contributed by atoms with Gasteiger partial charge >= 0.3 is 0 Å². The van der Waals surface area contributed by atoms with E-state index in [1.165, 1.54) is 0 Å². The maximum Gasteiger partial charge on any atom is 0.193 e. The highest BCUT2D eigenvalue weighted by Crippen LogP contribution is 2.24. The smallest absolute Gasteiger partial charge is 0.193 e. The maximum atomic E-state index is 6.19. The molecule has 0 aliphatic rings. The van der Waals surface area contributed by atoms with Gasteiger partial charge in [0, 0.05) is 35.3 Å². The molecule has 5 heteroatoms. The predicted molar refractivity (Wildman–Crippen MR) is 75.2 cm³/mol. The summed E-state index contributed by atoms with van der Waals surface area (Å²) in [6.45, 7) is 0. The number of aromatic nitrogens is 2. The fourth-order valence-electron chi connectivity index (χ4n) is 1.99. The van der Waals surface area contributed by atoms with Crippen LogP contribution in [0, 0.1) is 0 Å². The second-order valence-corrected chi connectivity index (χ2v) is 5.44. The van der Waals surface area contributed by atoms with Crippen LogP contribution >= 0.6 is 22.9 Å². The lowest BCUT2D eigenvalue weighted by Gasteiger charge is -2.11. The van der Waals surface area contributed by atoms with Crippen LogP contribution in [0.3, 0.4) is 0 Å². The van der Waals surface area contributed by atoms with Crippen molar-refractivity contribution in [3.63, 3.8) is 0 Å². The number of imidazole rings is 1. The SMILES string of the molecule is NC(Cc1cn2ccsc2n1)c1ccccc1Cl. The number of hydrogen-bond acceptors (Lipinski definition) is 3. The van der Waals surface area contributed by atoms with Gasteiger partial charge in [0.1, 0.15) is 0 Å². The molecule has 1 unspecified atom stereocenters. The molecule has 2 aromatic heterocycles. The summed E-state index contributed by atoms with van der Waals surface area (Å²) >= 11 is 7.76. The Morgan fingerprint density at radius 1 is 1.39 bits per heavy atom. The maximum absolute atomic E-state index is 6.19. The van der Waals surface area contributed by atoms with Crippen LogP contribution in [0.4, 0.5) is 0 Å². The van der Waals surface area contributed by atoms with Crippen molar-refractivity contribution in [2.45, 2.75) is 12.5 Å². The monoisotopic (exact) mass is 277 g/mol. The van der Waals surface area contributed by atoms with Crippen LogP contribution in [-0.2, 0) is 6.42 Å². The lowest BCUT2D eigenvalue weighted by atomic mass is 10.0. The first-order valence-corrected chi connectivity index (χ1v) is 6.91. The van der Waals surface area contributed by atoms with Gasteiger partial charge in [0.05, 0.1) is 5.69 Å². The first kappa shape index (κ1) is 11.7. The summed E-state index contributed by atoms with van der Waals surface area (Å²) in [7, 11) is 0. The lowest BCUT2D eigenvalue weighted by Crippen LogP contribution is -2.14. The van der Waals surface area contributed by atoms with Crippen molar-refractivity contribution in [1.82, 2.24) is 9.38 Å². The molecule has 0 saturated carbocycles. The van der Waals surface area contributed by atoms with Crippen molar-refractivity contribution in [3.8, 4) is 0 Å². The van der Waals surface area contributed by atoms with Gasteiger partial charge in [0.2, 0.25) is 0 Å². The third-order valence-electron chi connectivity index (χ3n) is 2.88. The third kappa shape index (κ3) is 2.14. The molecule has 0 bridgehead atoms. The number of fused-ring (bicyclic) bond motifs is 1. The second kappa shape index (κ2) is 4.72. The van der Waals surface area contributed by atoms with E-state index >= 15 is 0 Å². The number of benzene rings is 1. The Balaban J connectivity index is 1.84. The molecule has 2 N–H and O–H groups in total. The van der Waals surface area contributed by atoms with Crippen LogP contribution in [0.2, 0.25) is 5.02 Å². The molecule has 0 saturated heterocycles. The Labute approximate surface area is 114 Å². The Bertz CT molecular complexity index is 645. The highest BCUT2D eigenvalue weighted by Gasteiger charge is 2.12. The molecule has 0 aliphatic carbocycles. The Morgan fingerprint density at radius 3 is 3.00 bits per heavy atom. The van der Waals surface area contributed by atoms with Gasteiger partial charge in [-0.15, -0.1) is 11.3 Å². The van der Waals surface area contributed by atoms with Crippen LogP contribution < -0.4 is 5.73 Å². The lowest BCUT2D eigenvalue weighted by molar-refractivity contribution is 0.710. The van der Waals surface area contributed by atoms with E-state index in [1.54, 1.807) is 11.3 Å². The van der Waals surface area contributed by atoms with E-state index in [1.807, 2.05) is 46.4 Å². The molecule has 3 rings (SSSR count). The van der Waals surface area contributed by atoms with Gasteiger partial charge < -0.3 is 5.73 Å². The Kier molecular flexibility index (Phi) is 3.07. The van der Waals surface area contributed by atoms with Gasteiger partial charge in [-0.1, -0.05) is 29.8 Å². The molecular weight excluding hydrogens is 266 g/mol. The van der Waals surface area contributed by atoms with E-state index in [0.29, 0.717) is 11.4 Å². The van der Waals surface area contributed by atoms with Crippen molar-refractivity contribution in [2.75, 3.05) is 0 Å². The quantitative estimate of drug-likeness (QED) is 0.798. The molecule has 0 spiro atoms. The molecule has 2 heterocycles. The van der Waals surface area contributed by atoms with Crippen molar-refractivity contribution in [3.05, 3.63) is 58.3 Å². The number of halogens is 1. The first-order chi connectivity index (χ1) is 8.74. The molecule has 1 atom stereocenters. The number of nitrogens with two attached hydrogens (primary N) is 1. The molecule has 3 nitrogen and oxygen atoms in total. The molecule has 0 fully saturated rings. The van der Waals surface area contributed by atoms with Crippen LogP contribution in [0.15, 0.2) is 42.0 Å². The van der Waals surface area contributed by atoms with Crippen LogP contribution in [0.1, 0.15) is 17.3 Å². The van der Waals surface area contributed by atoms with E-state index in [-0.39, 0.29) is 6.04 Å². The molecular formula is C13H12ClN3S. The summed E-state index contributed by atoms with van der Waals surface area (Å²) in [6.07, 6.45) is 4.71. The van der Waals surface area contributed by atoms with Gasteiger partial charge in [-0.05, 0) is 11.6 Å². The molecule has 92 valence electrons. The Morgan fingerprint density at radius 2 is 2.22 bits per heavy atom. The van der Waals surface area contributed by atoms with Crippen molar-refractivity contribution in [1.29, 1.82) is 0 Å². The minimum Gasteiger partial charge on any atom is -0.324 e. The number of rotatable bonds is 3. The van der Waals surface area contributed by atoms with Gasteiger partial charge in [0.15, 0.2) is 4.96 Å².